The summed E-state index contributed by atoms with van der Waals surface area (Å²) in [5.74, 6) is 0.438. The van der Waals surface area contributed by atoms with Crippen molar-refractivity contribution in [3.63, 3.8) is 0 Å². The largest absolute Gasteiger partial charge is 0.339 e. The van der Waals surface area contributed by atoms with Gasteiger partial charge < -0.3 is 4.57 Å². The molecule has 5 heteroatoms. The zero-order chi connectivity index (χ0) is 21.2. The van der Waals surface area contributed by atoms with Gasteiger partial charge in [0, 0.05) is 34.3 Å². The minimum absolute atomic E-state index is 0. The van der Waals surface area contributed by atoms with Gasteiger partial charge in [-0.15, -0.1) is 12.4 Å². The van der Waals surface area contributed by atoms with E-state index in [-0.39, 0.29) is 12.4 Å². The van der Waals surface area contributed by atoms with E-state index in [1.54, 1.807) is 0 Å². The van der Waals surface area contributed by atoms with Crippen LogP contribution in [0.25, 0.3) is 10.9 Å². The van der Waals surface area contributed by atoms with Gasteiger partial charge in [-0.05, 0) is 72.6 Å². The van der Waals surface area contributed by atoms with E-state index in [1.807, 2.05) is 18.2 Å². The van der Waals surface area contributed by atoms with Crippen LogP contribution in [0.3, 0.4) is 0 Å². The summed E-state index contributed by atoms with van der Waals surface area (Å²) in [6, 6.07) is 27.6. The van der Waals surface area contributed by atoms with Gasteiger partial charge in [0.25, 0.3) is 0 Å². The Hall–Kier alpha value is -1.97. The summed E-state index contributed by atoms with van der Waals surface area (Å²) in [6.07, 6.45) is 2.17. The molecular weight excluding hydrogens is 459 g/mol. The van der Waals surface area contributed by atoms with Crippen LogP contribution in [0.5, 0.6) is 0 Å². The minimum Gasteiger partial charge on any atom is -0.339 e. The molecule has 1 fully saturated rings. The third-order valence-electron chi connectivity index (χ3n) is 6.46. The fourth-order valence-corrected chi connectivity index (χ4v) is 5.57. The van der Waals surface area contributed by atoms with E-state index >= 15 is 0 Å². The number of piperidine rings is 1. The Morgan fingerprint density at radius 2 is 1.41 bits per heavy atom. The average Bonchev–Trinajstić information content (AvgIpc) is 3.12. The first-order valence-electron chi connectivity index (χ1n) is 11.0. The number of nitrogens with zero attached hydrogens (tertiary/aromatic N) is 2. The van der Waals surface area contributed by atoms with Gasteiger partial charge in [0.15, 0.2) is 0 Å². The molecule has 0 unspecified atom stereocenters. The topological polar surface area (TPSA) is 8.17 Å². The van der Waals surface area contributed by atoms with Gasteiger partial charge in [0.1, 0.15) is 0 Å². The van der Waals surface area contributed by atoms with E-state index < -0.39 is 0 Å². The van der Waals surface area contributed by atoms with Crippen molar-refractivity contribution in [2.45, 2.75) is 31.8 Å². The first kappa shape index (κ1) is 23.2. The maximum Gasteiger partial charge on any atom is 0.0486 e. The van der Waals surface area contributed by atoms with Crippen LogP contribution >= 0.6 is 35.6 Å². The van der Waals surface area contributed by atoms with E-state index in [2.05, 4.69) is 70.1 Å². The van der Waals surface area contributed by atoms with Gasteiger partial charge >= 0.3 is 0 Å². The Morgan fingerprint density at radius 1 is 0.750 bits per heavy atom. The van der Waals surface area contributed by atoms with Crippen molar-refractivity contribution >= 4 is 46.5 Å². The Labute approximate surface area is 206 Å². The molecule has 166 valence electrons. The van der Waals surface area contributed by atoms with Crippen molar-refractivity contribution in [2.24, 2.45) is 0 Å². The first-order chi connectivity index (χ1) is 15.2. The number of benzene rings is 3. The number of aromatic nitrogens is 1. The van der Waals surface area contributed by atoms with Crippen LogP contribution in [0.15, 0.2) is 78.9 Å². The summed E-state index contributed by atoms with van der Waals surface area (Å²) in [5.41, 5.74) is 5.14. The Bertz CT molecular complexity index is 1160. The lowest BCUT2D eigenvalue weighted by Gasteiger charge is -2.33. The lowest BCUT2D eigenvalue weighted by Crippen LogP contribution is -2.33. The highest BCUT2D eigenvalue weighted by molar-refractivity contribution is 6.36. The van der Waals surface area contributed by atoms with Crippen molar-refractivity contribution in [3.05, 3.63) is 106 Å². The highest BCUT2D eigenvalue weighted by Gasteiger charge is 2.25. The predicted octanol–water partition coefficient (Wildman–Crippen LogP) is 7.80. The summed E-state index contributed by atoms with van der Waals surface area (Å²) in [4.78, 5) is 2.57. The van der Waals surface area contributed by atoms with E-state index in [0.717, 1.165) is 54.6 Å². The quantitative estimate of drug-likeness (QED) is 0.280. The van der Waals surface area contributed by atoms with Gasteiger partial charge in [-0.1, -0.05) is 77.8 Å². The highest BCUT2D eigenvalue weighted by Crippen LogP contribution is 2.37. The summed E-state index contributed by atoms with van der Waals surface area (Å²) >= 11 is 12.9. The maximum absolute atomic E-state index is 6.47. The maximum atomic E-state index is 6.47. The van der Waals surface area contributed by atoms with Crippen molar-refractivity contribution in [1.82, 2.24) is 9.47 Å². The van der Waals surface area contributed by atoms with Gasteiger partial charge in [0.2, 0.25) is 0 Å². The molecule has 2 heterocycles. The molecule has 0 amide bonds. The predicted molar refractivity (Wildman–Crippen MR) is 138 cm³/mol. The second kappa shape index (κ2) is 10.3. The summed E-state index contributed by atoms with van der Waals surface area (Å²) < 4.78 is 2.47. The van der Waals surface area contributed by atoms with E-state index in [9.17, 15) is 0 Å². The monoisotopic (exact) mass is 484 g/mol. The smallest absolute Gasteiger partial charge is 0.0486 e. The molecule has 0 N–H and O–H groups in total. The summed E-state index contributed by atoms with van der Waals surface area (Å²) in [7, 11) is 0. The van der Waals surface area contributed by atoms with Gasteiger partial charge in [-0.2, -0.15) is 0 Å². The minimum atomic E-state index is 0. The third-order valence-corrected chi connectivity index (χ3v) is 7.12. The fourth-order valence-electron chi connectivity index (χ4n) is 4.86. The van der Waals surface area contributed by atoms with E-state index in [4.69, 9.17) is 23.2 Å². The molecule has 32 heavy (non-hydrogen) atoms. The molecule has 0 aliphatic carbocycles. The van der Waals surface area contributed by atoms with Crippen LogP contribution in [-0.2, 0) is 13.1 Å². The molecule has 3 aromatic carbocycles. The van der Waals surface area contributed by atoms with Crippen LogP contribution in [0.2, 0.25) is 10.0 Å². The van der Waals surface area contributed by atoms with Crippen molar-refractivity contribution in [1.29, 1.82) is 0 Å². The van der Waals surface area contributed by atoms with Crippen LogP contribution in [0.1, 0.15) is 35.6 Å². The molecule has 0 saturated carbocycles. The van der Waals surface area contributed by atoms with Crippen LogP contribution in [0.4, 0.5) is 0 Å². The number of hydrogen-bond donors (Lipinski definition) is 0. The molecule has 0 atom stereocenters. The van der Waals surface area contributed by atoms with Crippen LogP contribution in [0, 0.1) is 0 Å². The molecule has 0 radical (unpaired) electrons. The third kappa shape index (κ3) is 4.84. The number of rotatable bonds is 5. The number of likely N-dealkylation sites (tertiary alicyclic amines) is 1. The molecule has 2 nitrogen and oxygen atoms in total. The average molecular weight is 486 g/mol. The van der Waals surface area contributed by atoms with Gasteiger partial charge in [0.05, 0.1) is 0 Å². The van der Waals surface area contributed by atoms with E-state index in [1.165, 1.54) is 22.2 Å². The molecule has 5 rings (SSSR count). The van der Waals surface area contributed by atoms with Crippen molar-refractivity contribution in [2.75, 3.05) is 13.1 Å². The Morgan fingerprint density at radius 3 is 2.12 bits per heavy atom. The van der Waals surface area contributed by atoms with Gasteiger partial charge in [-0.3, -0.25) is 4.90 Å². The van der Waals surface area contributed by atoms with E-state index in [0.29, 0.717) is 5.92 Å². The number of hydrogen-bond acceptors (Lipinski definition) is 1. The lowest BCUT2D eigenvalue weighted by molar-refractivity contribution is 0.201. The van der Waals surface area contributed by atoms with Gasteiger partial charge in [-0.25, -0.2) is 0 Å². The molecule has 4 aromatic rings. The fraction of sp³-hybridized carbons (Fsp3) is 0.259. The normalized spacial score (nSPS) is 15.1. The number of para-hydroxylation sites is 1. The number of fused-ring (bicyclic) bond motifs is 1. The summed E-state index contributed by atoms with van der Waals surface area (Å²) in [5, 5.41) is 2.91. The first-order valence-corrected chi connectivity index (χ1v) is 11.7. The van der Waals surface area contributed by atoms with Crippen molar-refractivity contribution < 1.29 is 0 Å². The molecule has 1 aliphatic heterocycles. The standard InChI is InChI=1S/C27H26Cl2N2.ClH/c28-24-10-6-11-25(29)27(24)21-13-15-30(16-14-21)19-23-17-22-9-4-5-12-26(22)31(23)18-20-7-2-1-3-8-20;/h1-12,17,21H,13-16,18-19H2;1H. The molecule has 1 aliphatic rings. The second-order valence-corrected chi connectivity index (χ2v) is 9.27. The van der Waals surface area contributed by atoms with Crippen molar-refractivity contribution in [3.8, 4) is 0 Å². The molecule has 1 saturated heterocycles. The second-order valence-electron chi connectivity index (χ2n) is 8.45. The lowest BCUT2D eigenvalue weighted by atomic mass is 9.89. The SMILES string of the molecule is Cl.Clc1cccc(Cl)c1C1CCN(Cc2cc3ccccc3n2Cc2ccccc2)CC1. The number of halogens is 3. The highest BCUT2D eigenvalue weighted by atomic mass is 35.5. The zero-order valence-electron chi connectivity index (χ0n) is 17.9. The summed E-state index contributed by atoms with van der Waals surface area (Å²) in [6.45, 7) is 3.97. The Balaban J connectivity index is 0.00000245. The van der Waals surface area contributed by atoms with Crippen LogP contribution in [-0.4, -0.2) is 22.6 Å². The molecular formula is C27H27Cl3N2. The molecule has 1 aromatic heterocycles. The Kier molecular flexibility index (Phi) is 7.48. The zero-order valence-corrected chi connectivity index (χ0v) is 20.2. The molecule has 0 bridgehead atoms. The molecule has 0 spiro atoms. The van der Waals surface area contributed by atoms with Crippen LogP contribution < -0.4 is 0 Å².